The van der Waals surface area contributed by atoms with E-state index < -0.39 is 5.60 Å². The number of hydrogen-bond acceptors (Lipinski definition) is 4. The molecule has 3 unspecified atom stereocenters. The third-order valence-corrected chi connectivity index (χ3v) is 4.19. The Morgan fingerprint density at radius 1 is 1.15 bits per heavy atom. The number of nitrogens with one attached hydrogen (secondary N) is 3. The van der Waals surface area contributed by atoms with Crippen LogP contribution >= 0.6 is 0 Å². The van der Waals surface area contributed by atoms with Crippen LogP contribution < -0.4 is 16.2 Å². The molecule has 5 heteroatoms. The first-order chi connectivity index (χ1) is 9.46. The summed E-state index contributed by atoms with van der Waals surface area (Å²) >= 11 is 0. The molecule has 3 N–H and O–H groups in total. The van der Waals surface area contributed by atoms with Crippen molar-refractivity contribution >= 4 is 6.09 Å². The summed E-state index contributed by atoms with van der Waals surface area (Å²) in [7, 11) is 0. The highest BCUT2D eigenvalue weighted by molar-refractivity contribution is 5.67. The molecule has 3 atom stereocenters. The van der Waals surface area contributed by atoms with Crippen LogP contribution in [0, 0.1) is 5.92 Å². The molecule has 0 aromatic heterocycles. The van der Waals surface area contributed by atoms with Gasteiger partial charge in [0.2, 0.25) is 0 Å². The van der Waals surface area contributed by atoms with Gasteiger partial charge in [0.05, 0.1) is 0 Å². The molecule has 116 valence electrons. The molecule has 1 aliphatic heterocycles. The van der Waals surface area contributed by atoms with Crippen LogP contribution in [0.2, 0.25) is 0 Å². The molecule has 1 amide bonds. The van der Waals surface area contributed by atoms with Gasteiger partial charge in [-0.1, -0.05) is 12.8 Å². The molecule has 0 aromatic rings. The van der Waals surface area contributed by atoms with Crippen molar-refractivity contribution in [3.8, 4) is 0 Å². The zero-order valence-electron chi connectivity index (χ0n) is 13.0. The minimum absolute atomic E-state index is 0.354. The molecule has 1 aliphatic carbocycles. The molecule has 1 saturated carbocycles. The van der Waals surface area contributed by atoms with Gasteiger partial charge >= 0.3 is 6.09 Å². The van der Waals surface area contributed by atoms with E-state index in [9.17, 15) is 4.79 Å². The van der Waals surface area contributed by atoms with Crippen molar-refractivity contribution in [1.82, 2.24) is 16.2 Å². The molecule has 2 rings (SSSR count). The Kier molecular flexibility index (Phi) is 5.27. The van der Waals surface area contributed by atoms with E-state index in [4.69, 9.17) is 4.74 Å². The minimum Gasteiger partial charge on any atom is -0.443 e. The predicted octanol–water partition coefficient (Wildman–Crippen LogP) is 2.33. The summed E-state index contributed by atoms with van der Waals surface area (Å²) in [4.78, 5) is 11.7. The molecule has 2 aliphatic rings. The van der Waals surface area contributed by atoms with Crippen LogP contribution in [0.4, 0.5) is 4.79 Å². The first-order valence-electron chi connectivity index (χ1n) is 7.93. The number of carbonyl (C=O) groups is 1. The van der Waals surface area contributed by atoms with E-state index in [1.807, 2.05) is 20.8 Å². The van der Waals surface area contributed by atoms with Gasteiger partial charge in [0.25, 0.3) is 0 Å². The third-order valence-electron chi connectivity index (χ3n) is 4.19. The van der Waals surface area contributed by atoms with E-state index in [0.717, 1.165) is 13.0 Å². The monoisotopic (exact) mass is 283 g/mol. The third kappa shape index (κ3) is 4.63. The molecule has 0 spiro atoms. The Morgan fingerprint density at radius 3 is 2.55 bits per heavy atom. The van der Waals surface area contributed by atoms with Crippen LogP contribution in [0.3, 0.4) is 0 Å². The summed E-state index contributed by atoms with van der Waals surface area (Å²) < 4.78 is 5.26. The average molecular weight is 283 g/mol. The smallest absolute Gasteiger partial charge is 0.422 e. The van der Waals surface area contributed by atoms with Crippen molar-refractivity contribution < 1.29 is 9.53 Å². The molecular weight excluding hydrogens is 254 g/mol. The maximum absolute atomic E-state index is 11.7. The van der Waals surface area contributed by atoms with E-state index in [1.165, 1.54) is 32.1 Å². The number of carbonyl (C=O) groups excluding carboxylic acids is 1. The Balaban J connectivity index is 1.81. The minimum atomic E-state index is -0.454. The molecule has 0 aromatic carbocycles. The number of hydrazine groups is 1. The topological polar surface area (TPSA) is 62.4 Å². The summed E-state index contributed by atoms with van der Waals surface area (Å²) in [6, 6.07) is 0.958. The molecule has 2 fully saturated rings. The molecule has 0 bridgehead atoms. The van der Waals surface area contributed by atoms with Crippen LogP contribution in [0.1, 0.15) is 59.3 Å². The molecule has 20 heavy (non-hydrogen) atoms. The van der Waals surface area contributed by atoms with E-state index in [2.05, 4.69) is 16.2 Å². The largest absolute Gasteiger partial charge is 0.443 e. The van der Waals surface area contributed by atoms with Crippen molar-refractivity contribution in [2.45, 2.75) is 77.0 Å². The van der Waals surface area contributed by atoms with Crippen LogP contribution in [0.5, 0.6) is 0 Å². The Morgan fingerprint density at radius 2 is 1.90 bits per heavy atom. The first-order valence-corrected chi connectivity index (χ1v) is 7.93. The van der Waals surface area contributed by atoms with Crippen molar-refractivity contribution in [3.63, 3.8) is 0 Å². The van der Waals surface area contributed by atoms with Gasteiger partial charge in [-0.15, -0.1) is 0 Å². The van der Waals surface area contributed by atoms with Crippen molar-refractivity contribution in [1.29, 1.82) is 0 Å². The number of ether oxygens (including phenoxy) is 1. The molecule has 1 heterocycles. The highest BCUT2D eigenvalue weighted by Gasteiger charge is 2.33. The Labute approximate surface area is 122 Å². The van der Waals surface area contributed by atoms with Crippen molar-refractivity contribution in [2.24, 2.45) is 5.92 Å². The fraction of sp³-hybridized carbons (Fsp3) is 0.933. The van der Waals surface area contributed by atoms with E-state index in [-0.39, 0.29) is 6.09 Å². The lowest BCUT2D eigenvalue weighted by molar-refractivity contribution is 0.0465. The van der Waals surface area contributed by atoms with Crippen molar-refractivity contribution in [2.75, 3.05) is 6.54 Å². The second-order valence-electron chi connectivity index (χ2n) is 7.03. The lowest BCUT2D eigenvalue weighted by Crippen LogP contribution is -2.53. The summed E-state index contributed by atoms with van der Waals surface area (Å²) in [5, 5.41) is 3.60. The standard InChI is InChI=1S/C15H29N3O2/c1-15(2,3)20-14(19)18-17-13-8-5-4-7-11(13)12-9-6-10-16-12/h11-13,16-17H,4-10H2,1-3H3,(H,18,19). The van der Waals surface area contributed by atoms with Crippen LogP contribution in [-0.2, 0) is 4.74 Å². The van der Waals surface area contributed by atoms with Crippen LogP contribution in [0.25, 0.3) is 0 Å². The lowest BCUT2D eigenvalue weighted by Gasteiger charge is -2.36. The van der Waals surface area contributed by atoms with Gasteiger partial charge in [0, 0.05) is 12.1 Å². The Bertz CT molecular complexity index is 322. The van der Waals surface area contributed by atoms with Gasteiger partial charge in [-0.2, -0.15) is 0 Å². The van der Waals surface area contributed by atoms with Gasteiger partial charge in [-0.25, -0.2) is 10.2 Å². The molecule has 5 nitrogen and oxygen atoms in total. The summed E-state index contributed by atoms with van der Waals surface area (Å²) in [5.41, 5.74) is 5.48. The lowest BCUT2D eigenvalue weighted by atomic mass is 9.79. The first kappa shape index (κ1) is 15.6. The average Bonchev–Trinajstić information content (AvgIpc) is 2.88. The normalized spacial score (nSPS) is 31.1. The molecule has 0 radical (unpaired) electrons. The van der Waals surface area contributed by atoms with Crippen molar-refractivity contribution in [3.05, 3.63) is 0 Å². The zero-order chi connectivity index (χ0) is 14.6. The highest BCUT2D eigenvalue weighted by Crippen LogP contribution is 2.30. The van der Waals surface area contributed by atoms with Crippen LogP contribution in [-0.4, -0.2) is 30.3 Å². The molecular formula is C15H29N3O2. The summed E-state index contributed by atoms with van der Waals surface area (Å²) in [6.07, 6.45) is 7.04. The van der Waals surface area contributed by atoms with Gasteiger partial charge in [-0.3, -0.25) is 5.43 Å². The van der Waals surface area contributed by atoms with Crippen LogP contribution in [0.15, 0.2) is 0 Å². The zero-order valence-corrected chi connectivity index (χ0v) is 13.0. The van der Waals surface area contributed by atoms with Gasteiger partial charge in [0.1, 0.15) is 5.60 Å². The van der Waals surface area contributed by atoms with Gasteiger partial charge in [-0.05, 0) is 58.9 Å². The van der Waals surface area contributed by atoms with Gasteiger partial charge in [0.15, 0.2) is 0 Å². The highest BCUT2D eigenvalue weighted by atomic mass is 16.6. The fourth-order valence-electron chi connectivity index (χ4n) is 3.35. The predicted molar refractivity (Wildman–Crippen MR) is 79.3 cm³/mol. The number of hydrogen-bond donors (Lipinski definition) is 3. The maximum Gasteiger partial charge on any atom is 0.422 e. The maximum atomic E-state index is 11.7. The SMILES string of the molecule is CC(C)(C)OC(=O)NNC1CCCCC1C1CCCN1. The second kappa shape index (κ2) is 6.76. The van der Waals surface area contributed by atoms with E-state index >= 15 is 0 Å². The number of rotatable bonds is 3. The summed E-state index contributed by atoms with van der Waals surface area (Å²) in [5.74, 6) is 0.612. The quantitative estimate of drug-likeness (QED) is 0.696. The van der Waals surface area contributed by atoms with E-state index in [1.54, 1.807) is 0 Å². The number of amides is 1. The summed E-state index contributed by atoms with van der Waals surface area (Å²) in [6.45, 7) is 6.75. The van der Waals surface area contributed by atoms with E-state index in [0.29, 0.717) is 18.0 Å². The fourth-order valence-corrected chi connectivity index (χ4v) is 3.35. The molecule has 1 saturated heterocycles. The second-order valence-corrected chi connectivity index (χ2v) is 7.03. The Hall–Kier alpha value is -0.810. The van der Waals surface area contributed by atoms with Gasteiger partial charge < -0.3 is 10.1 Å².